The molecule has 11 rings (SSSR count). The Balaban J connectivity index is 1.24. The van der Waals surface area contributed by atoms with Gasteiger partial charge in [0, 0.05) is 42.4 Å². The molecule has 2 N–H and O–H groups in total. The molecular weight excluding hydrogens is 733 g/mol. The summed E-state index contributed by atoms with van der Waals surface area (Å²) in [5, 5.41) is 29.9. The molecule has 1 aliphatic carbocycles. The molecule has 57 heavy (non-hydrogen) atoms. The molecule has 270 valence electrons. The standard InChI is InChI=1S/C53H34O2S2/c54-49-25-21-37(29-41(49)33-11-3-1-4-12-33)53(38-22-26-50(55)42(30-38)34-13-5-2-6-14-34)47-23-19-35(45-31-56-51-17-9-7-15-39(45)51)27-43(47)44-28-36(20-24-48(44)53)46-32-57-52-18-10-8-16-40(46)52/h1-32,54-55H. The number of fused-ring (bicyclic) bond motifs is 5. The molecule has 0 saturated carbocycles. The van der Waals surface area contributed by atoms with Crippen molar-refractivity contribution >= 4 is 42.8 Å². The van der Waals surface area contributed by atoms with Gasteiger partial charge < -0.3 is 10.2 Å². The molecule has 0 fully saturated rings. The van der Waals surface area contributed by atoms with Crippen LogP contribution in [0.25, 0.3) is 75.8 Å². The van der Waals surface area contributed by atoms with Gasteiger partial charge in [-0.05, 0) is 115 Å². The van der Waals surface area contributed by atoms with Crippen molar-refractivity contribution < 1.29 is 10.2 Å². The van der Waals surface area contributed by atoms with Gasteiger partial charge in [0.2, 0.25) is 0 Å². The van der Waals surface area contributed by atoms with E-state index in [0.29, 0.717) is 0 Å². The van der Waals surface area contributed by atoms with E-state index in [-0.39, 0.29) is 11.5 Å². The van der Waals surface area contributed by atoms with E-state index < -0.39 is 5.41 Å². The van der Waals surface area contributed by atoms with Crippen molar-refractivity contribution in [1.29, 1.82) is 0 Å². The molecule has 0 saturated heterocycles. The normalized spacial score (nSPS) is 12.8. The van der Waals surface area contributed by atoms with E-state index in [1.165, 1.54) is 53.6 Å². The lowest BCUT2D eigenvalue weighted by Crippen LogP contribution is -2.28. The Kier molecular flexibility index (Phi) is 7.78. The summed E-state index contributed by atoms with van der Waals surface area (Å²) in [6.07, 6.45) is 0. The average molecular weight is 767 g/mol. The first-order chi connectivity index (χ1) is 28.1. The number of benzene rings is 8. The molecule has 0 atom stereocenters. The predicted octanol–water partition coefficient (Wildman–Crippen LogP) is 14.6. The van der Waals surface area contributed by atoms with Crippen LogP contribution in [0.4, 0.5) is 0 Å². The Labute approximate surface area is 338 Å². The van der Waals surface area contributed by atoms with Gasteiger partial charge in [-0.1, -0.05) is 133 Å². The maximum Gasteiger partial charge on any atom is 0.123 e. The van der Waals surface area contributed by atoms with E-state index in [0.717, 1.165) is 44.5 Å². The maximum atomic E-state index is 11.4. The third-order valence-electron chi connectivity index (χ3n) is 11.8. The number of phenols is 2. The summed E-state index contributed by atoms with van der Waals surface area (Å²) >= 11 is 3.56. The zero-order valence-corrected chi connectivity index (χ0v) is 32.3. The Morgan fingerprint density at radius 3 is 1.21 bits per heavy atom. The van der Waals surface area contributed by atoms with Gasteiger partial charge in [0.05, 0.1) is 5.41 Å². The van der Waals surface area contributed by atoms with Gasteiger partial charge in [-0.25, -0.2) is 0 Å². The number of aromatic hydroxyl groups is 2. The highest BCUT2D eigenvalue weighted by Crippen LogP contribution is 2.59. The zero-order chi connectivity index (χ0) is 38.1. The molecule has 0 aliphatic heterocycles. The van der Waals surface area contributed by atoms with Crippen molar-refractivity contribution in [2.24, 2.45) is 0 Å². The first-order valence-corrected chi connectivity index (χ1v) is 20.8. The summed E-state index contributed by atoms with van der Waals surface area (Å²) in [6, 6.07) is 63.6. The number of thiophene rings is 2. The van der Waals surface area contributed by atoms with Gasteiger partial charge in [-0.2, -0.15) is 0 Å². The van der Waals surface area contributed by atoms with E-state index in [1.54, 1.807) is 22.7 Å². The highest BCUT2D eigenvalue weighted by atomic mass is 32.1. The van der Waals surface area contributed by atoms with E-state index in [1.807, 2.05) is 72.8 Å². The zero-order valence-electron chi connectivity index (χ0n) is 30.7. The fourth-order valence-corrected chi connectivity index (χ4v) is 11.0. The van der Waals surface area contributed by atoms with Crippen molar-refractivity contribution in [2.75, 3.05) is 0 Å². The molecule has 0 spiro atoms. The minimum atomic E-state index is -0.802. The Morgan fingerprint density at radius 1 is 0.333 bits per heavy atom. The largest absolute Gasteiger partial charge is 0.507 e. The molecule has 1 aliphatic rings. The van der Waals surface area contributed by atoms with Crippen molar-refractivity contribution in [1.82, 2.24) is 0 Å². The smallest absolute Gasteiger partial charge is 0.123 e. The lowest BCUT2D eigenvalue weighted by Gasteiger charge is -2.35. The summed E-state index contributed by atoms with van der Waals surface area (Å²) in [6.45, 7) is 0. The van der Waals surface area contributed by atoms with Crippen LogP contribution in [0.15, 0.2) is 193 Å². The molecule has 2 heterocycles. The predicted molar refractivity (Wildman–Crippen MR) is 240 cm³/mol. The van der Waals surface area contributed by atoms with Crippen LogP contribution < -0.4 is 0 Å². The number of phenolic OH excluding ortho intramolecular Hbond substituents is 2. The summed E-state index contributed by atoms with van der Waals surface area (Å²) in [5.74, 6) is 0.460. The van der Waals surface area contributed by atoms with Gasteiger partial charge in [0.1, 0.15) is 11.5 Å². The minimum absolute atomic E-state index is 0.230. The van der Waals surface area contributed by atoms with Crippen LogP contribution >= 0.6 is 22.7 Å². The van der Waals surface area contributed by atoms with E-state index in [2.05, 4.69) is 120 Å². The van der Waals surface area contributed by atoms with E-state index in [4.69, 9.17) is 0 Å². The summed E-state index contributed by atoms with van der Waals surface area (Å²) in [4.78, 5) is 0. The second-order valence-electron chi connectivity index (χ2n) is 14.8. The average Bonchev–Trinajstić information content (AvgIpc) is 3.98. The molecule has 4 heteroatoms. The van der Waals surface area contributed by atoms with Crippen LogP contribution in [-0.4, -0.2) is 10.2 Å². The van der Waals surface area contributed by atoms with Crippen LogP contribution in [0.2, 0.25) is 0 Å². The molecule has 0 radical (unpaired) electrons. The van der Waals surface area contributed by atoms with Gasteiger partial charge in [0.15, 0.2) is 0 Å². The van der Waals surface area contributed by atoms with Crippen LogP contribution in [0.3, 0.4) is 0 Å². The summed E-state index contributed by atoms with van der Waals surface area (Å²) in [5.41, 5.74) is 14.1. The van der Waals surface area contributed by atoms with Gasteiger partial charge in [-0.3, -0.25) is 0 Å². The van der Waals surface area contributed by atoms with Gasteiger partial charge in [-0.15, -0.1) is 22.7 Å². The topological polar surface area (TPSA) is 40.5 Å². The molecule has 2 nitrogen and oxygen atoms in total. The van der Waals surface area contributed by atoms with Crippen molar-refractivity contribution in [3.8, 4) is 67.1 Å². The van der Waals surface area contributed by atoms with Crippen molar-refractivity contribution in [3.63, 3.8) is 0 Å². The lowest BCUT2D eigenvalue weighted by molar-refractivity contribution is 0.477. The molecule has 8 aromatic carbocycles. The molecule has 0 amide bonds. The Bertz CT molecular complexity index is 2940. The Hall–Kier alpha value is -6.72. The molecule has 10 aromatic rings. The lowest BCUT2D eigenvalue weighted by atomic mass is 9.66. The van der Waals surface area contributed by atoms with Crippen molar-refractivity contribution in [2.45, 2.75) is 5.41 Å². The van der Waals surface area contributed by atoms with Crippen LogP contribution in [0.1, 0.15) is 22.3 Å². The second kappa shape index (κ2) is 13.2. The van der Waals surface area contributed by atoms with E-state index in [9.17, 15) is 10.2 Å². The van der Waals surface area contributed by atoms with Crippen molar-refractivity contribution in [3.05, 3.63) is 215 Å². The number of rotatable bonds is 6. The summed E-state index contributed by atoms with van der Waals surface area (Å²) < 4.78 is 2.54. The fourth-order valence-electron chi connectivity index (χ4n) is 9.10. The molecule has 0 bridgehead atoms. The van der Waals surface area contributed by atoms with E-state index >= 15 is 0 Å². The third kappa shape index (κ3) is 5.22. The summed E-state index contributed by atoms with van der Waals surface area (Å²) in [7, 11) is 0. The van der Waals surface area contributed by atoms with Gasteiger partial charge in [0.25, 0.3) is 0 Å². The fraction of sp³-hybridized carbons (Fsp3) is 0.0189. The Morgan fingerprint density at radius 2 is 0.754 bits per heavy atom. The highest BCUT2D eigenvalue weighted by Gasteiger charge is 2.47. The van der Waals surface area contributed by atoms with Crippen LogP contribution in [0.5, 0.6) is 11.5 Å². The SMILES string of the molecule is Oc1ccc(C2(c3ccc(O)c(-c4ccccc4)c3)c3ccc(-c4csc5ccccc45)cc3-c3cc(-c4csc5ccccc45)ccc32)cc1-c1ccccc1. The highest BCUT2D eigenvalue weighted by molar-refractivity contribution is 7.18. The number of hydrogen-bond donors (Lipinski definition) is 2. The molecule has 0 unspecified atom stereocenters. The molecule has 2 aromatic heterocycles. The maximum absolute atomic E-state index is 11.4. The molecular formula is C53H34O2S2. The van der Waals surface area contributed by atoms with Gasteiger partial charge >= 0.3 is 0 Å². The quantitative estimate of drug-likeness (QED) is 0.177. The first-order valence-electron chi connectivity index (χ1n) is 19.1. The number of hydrogen-bond acceptors (Lipinski definition) is 4. The minimum Gasteiger partial charge on any atom is -0.507 e. The van der Waals surface area contributed by atoms with Crippen LogP contribution in [-0.2, 0) is 5.41 Å². The van der Waals surface area contributed by atoms with Crippen LogP contribution in [0, 0.1) is 0 Å². The second-order valence-corrected chi connectivity index (χ2v) is 16.6. The third-order valence-corrected chi connectivity index (χ3v) is 13.7. The monoisotopic (exact) mass is 766 g/mol. The first kappa shape index (κ1) is 33.6.